The molecule has 0 radical (unpaired) electrons. The van der Waals surface area contributed by atoms with Crippen molar-refractivity contribution in [3.63, 3.8) is 0 Å². The molecule has 2 amide bonds. The molecule has 2 N–H and O–H groups in total. The third-order valence-electron chi connectivity index (χ3n) is 4.03. The van der Waals surface area contributed by atoms with Gasteiger partial charge in [-0.05, 0) is 25.8 Å². The number of aromatic nitrogens is 4. The maximum absolute atomic E-state index is 12.8. The van der Waals surface area contributed by atoms with Gasteiger partial charge in [0.2, 0.25) is 11.8 Å². The van der Waals surface area contributed by atoms with Crippen LogP contribution in [0.15, 0.2) is 29.6 Å². The summed E-state index contributed by atoms with van der Waals surface area (Å²) in [5, 5.41) is 5.25. The summed E-state index contributed by atoms with van der Waals surface area (Å²) in [5.41, 5.74) is -1.25. The quantitative estimate of drug-likeness (QED) is 0.689. The number of carbonyl (C=O) groups excluding carboxylic acids is 2. The molecule has 10 nitrogen and oxygen atoms in total. The van der Waals surface area contributed by atoms with E-state index in [-0.39, 0.29) is 41.7 Å². The minimum absolute atomic E-state index is 0.0235. The fourth-order valence-electron chi connectivity index (χ4n) is 2.67. The van der Waals surface area contributed by atoms with Crippen LogP contribution >= 0.6 is 0 Å². The maximum Gasteiger partial charge on any atom is 0.318 e. The van der Waals surface area contributed by atoms with Crippen molar-refractivity contribution in [3.05, 3.63) is 35.1 Å². The molecule has 0 saturated carbocycles. The lowest BCUT2D eigenvalue weighted by molar-refractivity contribution is -0.118. The summed E-state index contributed by atoms with van der Waals surface area (Å²) in [4.78, 5) is 49.2. The van der Waals surface area contributed by atoms with Gasteiger partial charge in [-0.25, -0.2) is 9.97 Å². The van der Waals surface area contributed by atoms with Crippen LogP contribution in [0, 0.1) is 5.92 Å². The molecule has 29 heavy (non-hydrogen) atoms. The van der Waals surface area contributed by atoms with Crippen molar-refractivity contribution in [2.45, 2.75) is 46.1 Å². The van der Waals surface area contributed by atoms with Crippen LogP contribution in [0.2, 0.25) is 0 Å². The first kappa shape index (κ1) is 22.0. The molecule has 2 heterocycles. The number of hydrogen-bond donors (Lipinski definition) is 2. The Balaban J connectivity index is 2.15. The van der Waals surface area contributed by atoms with Crippen LogP contribution in [-0.2, 0) is 15.1 Å². The van der Waals surface area contributed by atoms with Crippen molar-refractivity contribution in [1.82, 2.24) is 19.5 Å². The molecule has 0 bridgehead atoms. The molecule has 2 rings (SSSR count). The molecule has 0 aliphatic rings. The summed E-state index contributed by atoms with van der Waals surface area (Å²) in [5.74, 6) is -0.158. The zero-order chi connectivity index (χ0) is 21.6. The summed E-state index contributed by atoms with van der Waals surface area (Å²) in [6, 6.07) is 1.67. The average Bonchev–Trinajstić information content (AvgIpc) is 2.62. The molecule has 0 fully saturated rings. The molecule has 156 valence electrons. The van der Waals surface area contributed by atoms with Crippen molar-refractivity contribution >= 4 is 23.3 Å². The van der Waals surface area contributed by atoms with Crippen molar-refractivity contribution in [1.29, 1.82) is 0 Å². The predicted molar refractivity (Wildman–Crippen MR) is 108 cm³/mol. The van der Waals surface area contributed by atoms with Crippen LogP contribution < -0.4 is 20.9 Å². The Morgan fingerprint density at radius 3 is 2.62 bits per heavy atom. The summed E-state index contributed by atoms with van der Waals surface area (Å²) >= 11 is 0. The second-order valence-corrected chi connectivity index (χ2v) is 7.59. The Kier molecular flexibility index (Phi) is 7.03. The first-order valence-electron chi connectivity index (χ1n) is 9.16. The number of hydrogen-bond acceptors (Lipinski definition) is 7. The van der Waals surface area contributed by atoms with Gasteiger partial charge in [-0.15, -0.1) is 0 Å². The fourth-order valence-corrected chi connectivity index (χ4v) is 2.67. The number of methoxy groups -OCH3 is 1. The van der Waals surface area contributed by atoms with Gasteiger partial charge >= 0.3 is 6.01 Å². The molecule has 0 spiro atoms. The number of ether oxygens (including phenoxy) is 1. The molecule has 0 aromatic carbocycles. The van der Waals surface area contributed by atoms with Crippen LogP contribution in [0.25, 0.3) is 0 Å². The highest BCUT2D eigenvalue weighted by Gasteiger charge is 2.27. The highest BCUT2D eigenvalue weighted by molar-refractivity contribution is 5.91. The molecule has 2 aromatic rings. The molecular formula is C19H26N6O4. The van der Waals surface area contributed by atoms with Gasteiger partial charge in [0.05, 0.1) is 31.6 Å². The lowest BCUT2D eigenvalue weighted by Crippen LogP contribution is -2.40. The molecule has 0 saturated heterocycles. The standard InChI is InChI=1S/C19H26N6O4/c1-12(2)8-15(26)22-13-10-20-11-25(17(13)28)19(3,4)9-16(27)23-14-6-7-21-18(24-14)29-5/h6-7,10-12H,8-9H2,1-5H3,(H,22,26)(H,21,23,24,27). The zero-order valence-corrected chi connectivity index (χ0v) is 17.2. The molecule has 2 aromatic heterocycles. The van der Waals surface area contributed by atoms with Gasteiger partial charge in [-0.2, -0.15) is 4.98 Å². The van der Waals surface area contributed by atoms with E-state index in [0.29, 0.717) is 6.42 Å². The van der Waals surface area contributed by atoms with Crippen LogP contribution in [0.4, 0.5) is 11.5 Å². The van der Waals surface area contributed by atoms with E-state index in [1.54, 1.807) is 13.8 Å². The van der Waals surface area contributed by atoms with Crippen molar-refractivity contribution in [3.8, 4) is 6.01 Å². The van der Waals surface area contributed by atoms with E-state index in [9.17, 15) is 14.4 Å². The Morgan fingerprint density at radius 2 is 1.97 bits per heavy atom. The van der Waals surface area contributed by atoms with Crippen LogP contribution in [0.1, 0.15) is 40.5 Å². The Labute approximate surface area is 168 Å². The Hall–Kier alpha value is -3.30. The van der Waals surface area contributed by atoms with Crippen molar-refractivity contribution < 1.29 is 14.3 Å². The van der Waals surface area contributed by atoms with Crippen LogP contribution in [-0.4, -0.2) is 38.4 Å². The topological polar surface area (TPSA) is 128 Å². The van der Waals surface area contributed by atoms with Gasteiger partial charge < -0.3 is 15.4 Å². The second kappa shape index (κ2) is 9.26. The number of nitrogens with zero attached hydrogens (tertiary/aromatic N) is 4. The number of amides is 2. The zero-order valence-electron chi connectivity index (χ0n) is 17.2. The number of rotatable bonds is 8. The van der Waals surface area contributed by atoms with E-state index in [1.807, 2.05) is 13.8 Å². The summed E-state index contributed by atoms with van der Waals surface area (Å²) < 4.78 is 6.26. The molecule has 0 aliphatic heterocycles. The van der Waals surface area contributed by atoms with Gasteiger partial charge in [-0.1, -0.05) is 13.8 Å². The van der Waals surface area contributed by atoms with Crippen molar-refractivity contribution in [2.24, 2.45) is 5.92 Å². The lowest BCUT2D eigenvalue weighted by Gasteiger charge is -2.27. The number of anilines is 2. The van der Waals surface area contributed by atoms with Gasteiger partial charge in [-0.3, -0.25) is 19.0 Å². The maximum atomic E-state index is 12.8. The minimum Gasteiger partial charge on any atom is -0.467 e. The van der Waals surface area contributed by atoms with Crippen molar-refractivity contribution in [2.75, 3.05) is 17.7 Å². The van der Waals surface area contributed by atoms with E-state index in [4.69, 9.17) is 4.74 Å². The van der Waals surface area contributed by atoms with Gasteiger partial charge in [0, 0.05) is 12.6 Å². The van der Waals surface area contributed by atoms with E-state index >= 15 is 0 Å². The Bertz CT molecular complexity index is 938. The van der Waals surface area contributed by atoms with E-state index in [2.05, 4.69) is 25.6 Å². The average molecular weight is 402 g/mol. The summed E-state index contributed by atoms with van der Waals surface area (Å²) in [6.07, 6.45) is 4.39. The SMILES string of the molecule is COc1nccc(NC(=O)CC(C)(C)n2cncc(NC(=O)CC(C)C)c2=O)n1. The fraction of sp³-hybridized carbons (Fsp3) is 0.474. The third-order valence-corrected chi connectivity index (χ3v) is 4.03. The highest BCUT2D eigenvalue weighted by Crippen LogP contribution is 2.19. The van der Waals surface area contributed by atoms with Gasteiger partial charge in [0.25, 0.3) is 5.56 Å². The normalized spacial score (nSPS) is 11.2. The molecule has 0 unspecified atom stereocenters. The number of nitrogens with one attached hydrogen (secondary N) is 2. The predicted octanol–water partition coefficient (Wildman–Crippen LogP) is 1.79. The first-order valence-corrected chi connectivity index (χ1v) is 9.16. The van der Waals surface area contributed by atoms with Gasteiger partial charge in [0.15, 0.2) is 0 Å². The largest absolute Gasteiger partial charge is 0.467 e. The lowest BCUT2D eigenvalue weighted by atomic mass is 9.99. The van der Waals surface area contributed by atoms with E-state index in [1.165, 1.54) is 36.5 Å². The summed E-state index contributed by atoms with van der Waals surface area (Å²) in [7, 11) is 1.43. The number of carbonyl (C=O) groups is 2. The van der Waals surface area contributed by atoms with E-state index in [0.717, 1.165) is 0 Å². The monoisotopic (exact) mass is 402 g/mol. The first-order chi connectivity index (χ1) is 13.6. The summed E-state index contributed by atoms with van der Waals surface area (Å²) in [6.45, 7) is 7.29. The smallest absolute Gasteiger partial charge is 0.318 e. The molecule has 10 heteroatoms. The van der Waals surface area contributed by atoms with E-state index < -0.39 is 11.1 Å². The molecule has 0 aliphatic carbocycles. The van der Waals surface area contributed by atoms with Crippen LogP contribution in [0.5, 0.6) is 6.01 Å². The van der Waals surface area contributed by atoms with Crippen LogP contribution in [0.3, 0.4) is 0 Å². The second-order valence-electron chi connectivity index (χ2n) is 7.59. The molecular weight excluding hydrogens is 376 g/mol. The highest BCUT2D eigenvalue weighted by atomic mass is 16.5. The third kappa shape index (κ3) is 6.09. The Morgan fingerprint density at radius 1 is 1.24 bits per heavy atom. The van der Waals surface area contributed by atoms with Gasteiger partial charge in [0.1, 0.15) is 11.5 Å². The molecule has 0 atom stereocenters. The minimum atomic E-state index is -0.899.